The first kappa shape index (κ1) is 14.4. The summed E-state index contributed by atoms with van der Waals surface area (Å²) in [5.41, 5.74) is 9.41. The van der Waals surface area contributed by atoms with Crippen LogP contribution in [0.5, 0.6) is 0 Å². The lowest BCUT2D eigenvalue weighted by atomic mass is 9.98. The first-order chi connectivity index (χ1) is 9.47. The third-order valence-corrected chi connectivity index (χ3v) is 3.43. The van der Waals surface area contributed by atoms with Crippen LogP contribution in [-0.2, 0) is 4.79 Å². The summed E-state index contributed by atoms with van der Waals surface area (Å²) in [4.78, 5) is 11.7. The summed E-state index contributed by atoms with van der Waals surface area (Å²) in [7, 11) is 0. The topological polar surface area (TPSA) is 55.1 Å². The molecule has 1 atom stereocenters. The Bertz CT molecular complexity index is 623. The highest BCUT2D eigenvalue weighted by Crippen LogP contribution is 2.24. The fourth-order valence-corrected chi connectivity index (χ4v) is 2.29. The third kappa shape index (κ3) is 3.31. The van der Waals surface area contributed by atoms with E-state index in [0.717, 1.165) is 22.4 Å². The van der Waals surface area contributed by atoms with Gasteiger partial charge in [-0.25, -0.2) is 0 Å². The van der Waals surface area contributed by atoms with Crippen LogP contribution >= 0.6 is 11.6 Å². The molecule has 1 unspecified atom stereocenters. The van der Waals surface area contributed by atoms with Gasteiger partial charge in [0.2, 0.25) is 5.91 Å². The molecule has 0 heterocycles. The second-order valence-electron chi connectivity index (χ2n) is 4.85. The number of rotatable bonds is 4. The van der Waals surface area contributed by atoms with Gasteiger partial charge in [-0.05, 0) is 49.2 Å². The van der Waals surface area contributed by atoms with Crippen molar-refractivity contribution in [3.63, 3.8) is 0 Å². The second-order valence-corrected chi connectivity index (χ2v) is 5.28. The van der Waals surface area contributed by atoms with E-state index >= 15 is 0 Å². The lowest BCUT2D eigenvalue weighted by Crippen LogP contribution is -2.28. The molecule has 4 heteroatoms. The summed E-state index contributed by atoms with van der Waals surface area (Å²) in [5, 5.41) is 3.80. The van der Waals surface area contributed by atoms with Crippen LogP contribution in [0, 0.1) is 13.8 Å². The van der Waals surface area contributed by atoms with Gasteiger partial charge in [0.1, 0.15) is 6.04 Å². The van der Waals surface area contributed by atoms with E-state index in [1.165, 1.54) is 0 Å². The zero-order chi connectivity index (χ0) is 14.7. The molecule has 3 nitrogen and oxygen atoms in total. The predicted octanol–water partition coefficient (Wildman–Crippen LogP) is 3.60. The minimum atomic E-state index is -0.559. The highest BCUT2D eigenvalue weighted by molar-refractivity contribution is 6.30. The summed E-state index contributed by atoms with van der Waals surface area (Å²) in [6, 6.07) is 12.6. The molecule has 0 aliphatic heterocycles. The van der Waals surface area contributed by atoms with Gasteiger partial charge in [0.25, 0.3) is 0 Å². The van der Waals surface area contributed by atoms with Crippen molar-refractivity contribution in [1.29, 1.82) is 0 Å². The van der Waals surface area contributed by atoms with Crippen LogP contribution in [-0.4, -0.2) is 5.91 Å². The van der Waals surface area contributed by atoms with Gasteiger partial charge in [0.15, 0.2) is 0 Å². The van der Waals surface area contributed by atoms with Crippen molar-refractivity contribution in [2.24, 2.45) is 5.73 Å². The van der Waals surface area contributed by atoms with Crippen molar-refractivity contribution in [1.82, 2.24) is 0 Å². The first-order valence-corrected chi connectivity index (χ1v) is 6.74. The predicted molar refractivity (Wildman–Crippen MR) is 82.9 cm³/mol. The van der Waals surface area contributed by atoms with E-state index in [1.807, 2.05) is 44.2 Å². The average molecular weight is 289 g/mol. The number of nitrogens with one attached hydrogen (secondary N) is 1. The fraction of sp³-hybridized carbons (Fsp3) is 0.188. The zero-order valence-electron chi connectivity index (χ0n) is 11.5. The Labute approximate surface area is 123 Å². The standard InChI is InChI=1S/C16H17ClN2O/c1-10-3-8-14(11(2)9-10)15(16(18)20)19-13-6-4-12(17)5-7-13/h3-9,15,19H,1-2H3,(H2,18,20). The van der Waals surface area contributed by atoms with E-state index in [0.29, 0.717) is 5.02 Å². The van der Waals surface area contributed by atoms with Gasteiger partial charge in [-0.3, -0.25) is 4.79 Å². The van der Waals surface area contributed by atoms with Gasteiger partial charge in [-0.1, -0.05) is 35.4 Å². The summed E-state index contributed by atoms with van der Waals surface area (Å²) >= 11 is 5.85. The van der Waals surface area contributed by atoms with E-state index in [4.69, 9.17) is 17.3 Å². The number of halogens is 1. The fourth-order valence-electron chi connectivity index (χ4n) is 2.16. The quantitative estimate of drug-likeness (QED) is 0.903. The Hall–Kier alpha value is -2.00. The SMILES string of the molecule is Cc1ccc(C(Nc2ccc(Cl)cc2)C(N)=O)c(C)c1. The molecule has 0 fully saturated rings. The molecule has 2 aromatic rings. The molecule has 3 N–H and O–H groups in total. The smallest absolute Gasteiger partial charge is 0.244 e. The highest BCUT2D eigenvalue weighted by atomic mass is 35.5. The number of amides is 1. The van der Waals surface area contributed by atoms with Crippen LogP contribution in [0.4, 0.5) is 5.69 Å². The molecule has 0 radical (unpaired) electrons. The van der Waals surface area contributed by atoms with E-state index in [-0.39, 0.29) is 0 Å². The van der Waals surface area contributed by atoms with Crippen molar-refractivity contribution in [2.45, 2.75) is 19.9 Å². The Kier molecular flexibility index (Phi) is 4.30. The molecule has 20 heavy (non-hydrogen) atoms. The first-order valence-electron chi connectivity index (χ1n) is 6.36. The molecular formula is C16H17ClN2O. The maximum absolute atomic E-state index is 11.7. The van der Waals surface area contributed by atoms with E-state index in [2.05, 4.69) is 5.32 Å². The van der Waals surface area contributed by atoms with E-state index in [1.54, 1.807) is 12.1 Å². The van der Waals surface area contributed by atoms with Gasteiger partial charge >= 0.3 is 0 Å². The molecule has 0 spiro atoms. The molecule has 0 aromatic heterocycles. The number of aryl methyl sites for hydroxylation is 2. The number of hydrogen-bond acceptors (Lipinski definition) is 2. The average Bonchev–Trinajstić information content (AvgIpc) is 2.39. The zero-order valence-corrected chi connectivity index (χ0v) is 12.2. The number of carbonyl (C=O) groups is 1. The van der Waals surface area contributed by atoms with E-state index < -0.39 is 11.9 Å². The number of anilines is 1. The van der Waals surface area contributed by atoms with Crippen LogP contribution in [0.1, 0.15) is 22.7 Å². The maximum atomic E-state index is 11.7. The highest BCUT2D eigenvalue weighted by Gasteiger charge is 2.19. The Morgan fingerprint density at radius 3 is 2.35 bits per heavy atom. The van der Waals surface area contributed by atoms with Gasteiger partial charge in [0, 0.05) is 10.7 Å². The van der Waals surface area contributed by atoms with Crippen molar-refractivity contribution >= 4 is 23.2 Å². The van der Waals surface area contributed by atoms with Crippen LogP contribution in [0.25, 0.3) is 0 Å². The van der Waals surface area contributed by atoms with E-state index in [9.17, 15) is 4.79 Å². The summed E-state index contributed by atoms with van der Waals surface area (Å²) in [6.07, 6.45) is 0. The second kappa shape index (κ2) is 5.97. The molecular weight excluding hydrogens is 272 g/mol. The minimum absolute atomic E-state index is 0.410. The summed E-state index contributed by atoms with van der Waals surface area (Å²) in [5.74, 6) is -0.410. The molecule has 2 aromatic carbocycles. The number of nitrogens with two attached hydrogens (primary N) is 1. The van der Waals surface area contributed by atoms with Gasteiger partial charge in [-0.15, -0.1) is 0 Å². The minimum Gasteiger partial charge on any atom is -0.370 e. The van der Waals surface area contributed by atoms with Crippen LogP contribution in [0.15, 0.2) is 42.5 Å². The monoisotopic (exact) mass is 288 g/mol. The normalized spacial score (nSPS) is 11.9. The molecule has 0 bridgehead atoms. The Morgan fingerprint density at radius 1 is 1.15 bits per heavy atom. The van der Waals surface area contributed by atoms with Crippen molar-refractivity contribution in [2.75, 3.05) is 5.32 Å². The van der Waals surface area contributed by atoms with Crippen molar-refractivity contribution in [3.8, 4) is 0 Å². The lowest BCUT2D eigenvalue weighted by Gasteiger charge is -2.19. The lowest BCUT2D eigenvalue weighted by molar-refractivity contribution is -0.118. The molecule has 0 saturated heterocycles. The molecule has 1 amide bonds. The van der Waals surface area contributed by atoms with Crippen molar-refractivity contribution in [3.05, 3.63) is 64.2 Å². The van der Waals surface area contributed by atoms with Crippen LogP contribution < -0.4 is 11.1 Å². The summed E-state index contributed by atoms with van der Waals surface area (Å²) < 4.78 is 0. The molecule has 0 aliphatic rings. The van der Waals surface area contributed by atoms with Gasteiger partial charge < -0.3 is 11.1 Å². The largest absolute Gasteiger partial charge is 0.370 e. The molecule has 0 saturated carbocycles. The third-order valence-electron chi connectivity index (χ3n) is 3.18. The van der Waals surface area contributed by atoms with Crippen LogP contribution in [0.2, 0.25) is 5.02 Å². The Balaban J connectivity index is 2.31. The number of hydrogen-bond donors (Lipinski definition) is 2. The number of benzene rings is 2. The van der Waals surface area contributed by atoms with Gasteiger partial charge in [-0.2, -0.15) is 0 Å². The van der Waals surface area contributed by atoms with Gasteiger partial charge in [0.05, 0.1) is 0 Å². The molecule has 2 rings (SSSR count). The molecule has 0 aliphatic carbocycles. The van der Waals surface area contributed by atoms with Crippen LogP contribution in [0.3, 0.4) is 0 Å². The number of carbonyl (C=O) groups excluding carboxylic acids is 1. The van der Waals surface area contributed by atoms with Crippen molar-refractivity contribution < 1.29 is 4.79 Å². The summed E-state index contributed by atoms with van der Waals surface area (Å²) in [6.45, 7) is 3.99. The molecule has 104 valence electrons. The number of primary amides is 1. The Morgan fingerprint density at radius 2 is 1.80 bits per heavy atom. The maximum Gasteiger partial charge on any atom is 0.244 e.